The molecule has 130 valence electrons. The smallest absolute Gasteiger partial charge is 0.387 e. The fourth-order valence-electron chi connectivity index (χ4n) is 2.21. The second kappa shape index (κ2) is 7.84. The molecular weight excluding hydrogens is 368 g/mol. The lowest BCUT2D eigenvalue weighted by atomic mass is 10.2. The van der Waals surface area contributed by atoms with Crippen LogP contribution in [0.4, 0.5) is 8.78 Å². The van der Waals surface area contributed by atoms with E-state index in [1.54, 1.807) is 29.1 Å². The topological polar surface area (TPSA) is 39.9 Å². The van der Waals surface area contributed by atoms with Crippen molar-refractivity contribution in [1.82, 2.24) is 14.8 Å². The number of nitrogens with zero attached hydrogens (tertiary/aromatic N) is 3. The Hall–Kier alpha value is -2.12. The van der Waals surface area contributed by atoms with E-state index in [0.29, 0.717) is 21.5 Å². The van der Waals surface area contributed by atoms with E-state index in [1.165, 1.54) is 17.8 Å². The number of halogens is 3. The van der Waals surface area contributed by atoms with Crippen molar-refractivity contribution in [3.05, 3.63) is 64.9 Å². The van der Waals surface area contributed by atoms with Crippen molar-refractivity contribution in [2.75, 3.05) is 0 Å². The maximum Gasteiger partial charge on any atom is 0.387 e. The van der Waals surface area contributed by atoms with Crippen LogP contribution < -0.4 is 4.74 Å². The average Bonchev–Trinajstić information content (AvgIpc) is 3.04. The zero-order valence-electron chi connectivity index (χ0n) is 13.2. The molecule has 0 aliphatic rings. The quantitative estimate of drug-likeness (QED) is 0.555. The Morgan fingerprint density at radius 1 is 1.24 bits per heavy atom. The van der Waals surface area contributed by atoms with Crippen LogP contribution >= 0.6 is 23.4 Å². The fourth-order valence-corrected chi connectivity index (χ4v) is 3.30. The van der Waals surface area contributed by atoms with Gasteiger partial charge in [-0.3, -0.25) is 4.57 Å². The van der Waals surface area contributed by atoms with E-state index >= 15 is 0 Å². The fraction of sp³-hybridized carbons (Fsp3) is 0.176. The molecule has 8 heteroatoms. The van der Waals surface area contributed by atoms with E-state index < -0.39 is 6.61 Å². The zero-order valence-corrected chi connectivity index (χ0v) is 14.8. The third-order valence-electron chi connectivity index (χ3n) is 3.50. The first kappa shape index (κ1) is 17.7. The van der Waals surface area contributed by atoms with Crippen LogP contribution in [0.3, 0.4) is 0 Å². The standard InChI is InChI=1S/C17H14ClF2N3OS/c1-11-6-7-13(8-14(11)18)23-10-21-22-17(23)25-9-12-4-2-3-5-15(12)24-16(19)20/h2-8,10,16H,9H2,1H3. The number of hydrogen-bond acceptors (Lipinski definition) is 4. The van der Waals surface area contributed by atoms with E-state index in [-0.39, 0.29) is 5.75 Å². The van der Waals surface area contributed by atoms with Gasteiger partial charge in [-0.2, -0.15) is 8.78 Å². The molecule has 0 unspecified atom stereocenters. The van der Waals surface area contributed by atoms with Gasteiger partial charge in [0.1, 0.15) is 12.1 Å². The first-order valence-corrected chi connectivity index (χ1v) is 8.73. The van der Waals surface area contributed by atoms with E-state index in [4.69, 9.17) is 11.6 Å². The minimum absolute atomic E-state index is 0.162. The van der Waals surface area contributed by atoms with Crippen LogP contribution in [-0.2, 0) is 5.75 Å². The number of ether oxygens (including phenoxy) is 1. The lowest BCUT2D eigenvalue weighted by molar-refractivity contribution is -0.0503. The highest BCUT2D eigenvalue weighted by Crippen LogP contribution is 2.29. The molecular formula is C17H14ClF2N3OS. The Morgan fingerprint density at radius 3 is 2.80 bits per heavy atom. The van der Waals surface area contributed by atoms with Crippen molar-refractivity contribution in [2.24, 2.45) is 0 Å². The first-order chi connectivity index (χ1) is 12.0. The molecule has 2 aromatic carbocycles. The number of alkyl halides is 2. The van der Waals surface area contributed by atoms with Gasteiger partial charge in [0.15, 0.2) is 5.16 Å². The molecule has 0 bridgehead atoms. The van der Waals surface area contributed by atoms with E-state index in [1.807, 2.05) is 25.1 Å². The SMILES string of the molecule is Cc1ccc(-n2cnnc2SCc2ccccc2OC(F)F)cc1Cl. The lowest BCUT2D eigenvalue weighted by Crippen LogP contribution is -2.04. The number of para-hydroxylation sites is 1. The van der Waals surface area contributed by atoms with Crippen LogP contribution in [-0.4, -0.2) is 21.4 Å². The van der Waals surface area contributed by atoms with Gasteiger partial charge in [0.05, 0.1) is 5.69 Å². The maximum absolute atomic E-state index is 12.5. The summed E-state index contributed by atoms with van der Waals surface area (Å²) in [5.41, 5.74) is 2.47. The normalized spacial score (nSPS) is 11.1. The summed E-state index contributed by atoms with van der Waals surface area (Å²) in [5.74, 6) is 0.579. The minimum atomic E-state index is -2.86. The highest BCUT2D eigenvalue weighted by molar-refractivity contribution is 7.98. The van der Waals surface area contributed by atoms with Gasteiger partial charge in [-0.15, -0.1) is 10.2 Å². The third-order valence-corrected chi connectivity index (χ3v) is 4.89. The summed E-state index contributed by atoms with van der Waals surface area (Å²) < 4.78 is 31.4. The molecule has 3 rings (SSSR count). The highest BCUT2D eigenvalue weighted by atomic mass is 35.5. The maximum atomic E-state index is 12.5. The monoisotopic (exact) mass is 381 g/mol. The Balaban J connectivity index is 1.80. The number of benzene rings is 2. The molecule has 0 saturated heterocycles. The van der Waals surface area contributed by atoms with E-state index in [0.717, 1.165) is 11.3 Å². The van der Waals surface area contributed by atoms with Gasteiger partial charge in [-0.05, 0) is 30.7 Å². The van der Waals surface area contributed by atoms with Gasteiger partial charge in [0.2, 0.25) is 0 Å². The summed E-state index contributed by atoms with van der Waals surface area (Å²) in [7, 11) is 0. The number of hydrogen-bond donors (Lipinski definition) is 0. The molecule has 0 spiro atoms. The molecule has 0 fully saturated rings. The summed E-state index contributed by atoms with van der Waals surface area (Å²) in [6.07, 6.45) is 1.59. The van der Waals surface area contributed by atoms with Crippen LogP contribution in [0.1, 0.15) is 11.1 Å². The van der Waals surface area contributed by atoms with Crippen LogP contribution in [0.5, 0.6) is 5.75 Å². The summed E-state index contributed by atoms with van der Waals surface area (Å²) in [4.78, 5) is 0. The van der Waals surface area contributed by atoms with E-state index in [2.05, 4.69) is 14.9 Å². The van der Waals surface area contributed by atoms with Crippen LogP contribution in [0.25, 0.3) is 5.69 Å². The Morgan fingerprint density at radius 2 is 2.04 bits per heavy atom. The van der Waals surface area contributed by atoms with Crippen LogP contribution in [0, 0.1) is 6.92 Å². The average molecular weight is 382 g/mol. The van der Waals surface area contributed by atoms with Crippen LogP contribution in [0.15, 0.2) is 53.9 Å². The number of aryl methyl sites for hydroxylation is 1. The van der Waals surface area contributed by atoms with Crippen molar-refractivity contribution in [3.63, 3.8) is 0 Å². The first-order valence-electron chi connectivity index (χ1n) is 7.36. The molecule has 1 heterocycles. The molecule has 0 saturated carbocycles. The predicted molar refractivity (Wildman–Crippen MR) is 93.7 cm³/mol. The van der Waals surface area contributed by atoms with Crippen molar-refractivity contribution in [1.29, 1.82) is 0 Å². The van der Waals surface area contributed by atoms with Gasteiger partial charge in [0.25, 0.3) is 0 Å². The molecule has 25 heavy (non-hydrogen) atoms. The Bertz CT molecular complexity index is 873. The summed E-state index contributed by atoms with van der Waals surface area (Å²) in [6.45, 7) is -0.932. The molecule has 0 radical (unpaired) electrons. The Kier molecular flexibility index (Phi) is 5.55. The third kappa shape index (κ3) is 4.29. The van der Waals surface area contributed by atoms with E-state index in [9.17, 15) is 8.78 Å². The van der Waals surface area contributed by atoms with Gasteiger partial charge in [-0.1, -0.05) is 47.6 Å². The molecule has 4 nitrogen and oxygen atoms in total. The summed E-state index contributed by atoms with van der Waals surface area (Å²) in [5, 5.41) is 9.31. The Labute approximate surface area is 152 Å². The van der Waals surface area contributed by atoms with Crippen molar-refractivity contribution < 1.29 is 13.5 Å². The lowest BCUT2D eigenvalue weighted by Gasteiger charge is -2.11. The largest absolute Gasteiger partial charge is 0.435 e. The second-order valence-electron chi connectivity index (χ2n) is 5.19. The molecule has 0 aliphatic heterocycles. The molecule has 0 atom stereocenters. The molecule has 1 aromatic heterocycles. The number of aromatic nitrogens is 3. The summed E-state index contributed by atoms with van der Waals surface area (Å²) in [6, 6.07) is 12.4. The van der Waals surface area contributed by atoms with Gasteiger partial charge >= 0.3 is 6.61 Å². The number of rotatable bonds is 6. The van der Waals surface area contributed by atoms with Crippen molar-refractivity contribution in [3.8, 4) is 11.4 Å². The summed E-state index contributed by atoms with van der Waals surface area (Å²) >= 11 is 7.55. The van der Waals surface area contributed by atoms with Crippen molar-refractivity contribution in [2.45, 2.75) is 24.4 Å². The van der Waals surface area contributed by atoms with Gasteiger partial charge < -0.3 is 4.74 Å². The zero-order chi connectivity index (χ0) is 17.8. The molecule has 0 amide bonds. The molecule has 3 aromatic rings. The van der Waals surface area contributed by atoms with Gasteiger partial charge in [0, 0.05) is 16.3 Å². The van der Waals surface area contributed by atoms with Crippen molar-refractivity contribution >= 4 is 23.4 Å². The molecule has 0 aliphatic carbocycles. The highest BCUT2D eigenvalue weighted by Gasteiger charge is 2.12. The number of thioether (sulfide) groups is 1. The predicted octanol–water partition coefficient (Wildman–Crippen LogP) is 5.12. The van der Waals surface area contributed by atoms with Gasteiger partial charge in [-0.25, -0.2) is 0 Å². The molecule has 0 N–H and O–H groups in total. The minimum Gasteiger partial charge on any atom is -0.435 e. The van der Waals surface area contributed by atoms with Crippen LogP contribution in [0.2, 0.25) is 5.02 Å². The second-order valence-corrected chi connectivity index (χ2v) is 6.54.